The number of hydrogen-bond donors (Lipinski definition) is 2. The molecule has 0 bridgehead atoms. The lowest BCUT2D eigenvalue weighted by molar-refractivity contribution is 0.0932. The normalized spacial score (nSPS) is 16.3. The van der Waals surface area contributed by atoms with Gasteiger partial charge < -0.3 is 11.1 Å². The Morgan fingerprint density at radius 1 is 1.50 bits per heavy atom. The molecule has 1 unspecified atom stereocenters. The van der Waals surface area contributed by atoms with E-state index in [0.29, 0.717) is 11.7 Å². The Kier molecular flexibility index (Phi) is 3.90. The van der Waals surface area contributed by atoms with Crippen LogP contribution in [0.2, 0.25) is 0 Å². The summed E-state index contributed by atoms with van der Waals surface area (Å²) in [5, 5.41) is 3.13. The minimum atomic E-state index is 0.0278. The SMILES string of the molecule is CCC(CC1CC1)NC(=O)c1ccc(N)cc1C. The fourth-order valence-corrected chi connectivity index (χ4v) is 2.29. The molecular weight excluding hydrogens is 224 g/mol. The topological polar surface area (TPSA) is 55.1 Å². The molecule has 0 aliphatic heterocycles. The Labute approximate surface area is 109 Å². The Balaban J connectivity index is 2.00. The molecule has 1 fully saturated rings. The number of carbonyl (C=O) groups excluding carboxylic acids is 1. The first-order valence-corrected chi connectivity index (χ1v) is 6.77. The van der Waals surface area contributed by atoms with Crippen LogP contribution in [0.25, 0.3) is 0 Å². The third kappa shape index (κ3) is 3.25. The van der Waals surface area contributed by atoms with Gasteiger partial charge in [-0.1, -0.05) is 19.8 Å². The van der Waals surface area contributed by atoms with E-state index >= 15 is 0 Å². The fraction of sp³-hybridized carbons (Fsp3) is 0.533. The van der Waals surface area contributed by atoms with Crippen LogP contribution in [0.15, 0.2) is 18.2 Å². The van der Waals surface area contributed by atoms with Gasteiger partial charge in [-0.25, -0.2) is 0 Å². The zero-order valence-electron chi connectivity index (χ0n) is 11.2. The summed E-state index contributed by atoms with van der Waals surface area (Å²) in [6.45, 7) is 4.05. The van der Waals surface area contributed by atoms with Crippen molar-refractivity contribution in [3.8, 4) is 0 Å². The van der Waals surface area contributed by atoms with E-state index in [0.717, 1.165) is 29.9 Å². The maximum atomic E-state index is 12.2. The second kappa shape index (κ2) is 5.42. The Bertz CT molecular complexity index is 438. The second-order valence-corrected chi connectivity index (χ2v) is 5.33. The summed E-state index contributed by atoms with van der Waals surface area (Å²) in [6.07, 6.45) is 4.77. The lowest BCUT2D eigenvalue weighted by Gasteiger charge is -2.17. The molecule has 1 aliphatic rings. The average Bonchev–Trinajstić information content (AvgIpc) is 3.11. The molecule has 3 heteroatoms. The zero-order chi connectivity index (χ0) is 13.1. The van der Waals surface area contributed by atoms with Crippen LogP contribution in [0.5, 0.6) is 0 Å². The number of nitrogens with two attached hydrogens (primary N) is 1. The van der Waals surface area contributed by atoms with Crippen molar-refractivity contribution in [1.29, 1.82) is 0 Å². The summed E-state index contributed by atoms with van der Waals surface area (Å²) in [6, 6.07) is 5.74. The highest BCUT2D eigenvalue weighted by Gasteiger charge is 2.25. The van der Waals surface area contributed by atoms with Gasteiger partial charge in [0, 0.05) is 17.3 Å². The lowest BCUT2D eigenvalue weighted by atomic mass is 10.0. The Morgan fingerprint density at radius 2 is 2.22 bits per heavy atom. The predicted octanol–water partition coefficient (Wildman–Crippen LogP) is 2.89. The van der Waals surface area contributed by atoms with Crippen LogP contribution in [0.4, 0.5) is 5.69 Å². The van der Waals surface area contributed by atoms with Crippen LogP contribution in [-0.4, -0.2) is 11.9 Å². The van der Waals surface area contributed by atoms with Crippen molar-refractivity contribution in [2.75, 3.05) is 5.73 Å². The van der Waals surface area contributed by atoms with Crippen LogP contribution in [0.3, 0.4) is 0 Å². The number of nitrogens with one attached hydrogen (secondary N) is 1. The number of hydrogen-bond acceptors (Lipinski definition) is 2. The van der Waals surface area contributed by atoms with Crippen molar-refractivity contribution in [3.05, 3.63) is 29.3 Å². The molecule has 1 aliphatic carbocycles. The van der Waals surface area contributed by atoms with Crippen LogP contribution < -0.4 is 11.1 Å². The van der Waals surface area contributed by atoms with Gasteiger partial charge in [-0.3, -0.25) is 4.79 Å². The molecule has 18 heavy (non-hydrogen) atoms. The summed E-state index contributed by atoms with van der Waals surface area (Å²) in [7, 11) is 0. The van der Waals surface area contributed by atoms with E-state index in [1.807, 2.05) is 19.1 Å². The highest BCUT2D eigenvalue weighted by atomic mass is 16.1. The molecule has 1 aromatic rings. The van der Waals surface area contributed by atoms with Gasteiger partial charge in [-0.2, -0.15) is 0 Å². The summed E-state index contributed by atoms with van der Waals surface area (Å²) in [4.78, 5) is 12.2. The van der Waals surface area contributed by atoms with Crippen molar-refractivity contribution in [3.63, 3.8) is 0 Å². The molecule has 98 valence electrons. The van der Waals surface area contributed by atoms with Crippen molar-refractivity contribution < 1.29 is 4.79 Å². The van der Waals surface area contributed by atoms with Crippen molar-refractivity contribution in [2.45, 2.75) is 45.6 Å². The Morgan fingerprint density at radius 3 is 2.78 bits per heavy atom. The average molecular weight is 246 g/mol. The molecular formula is C15H22N2O. The molecule has 3 N–H and O–H groups in total. The Hall–Kier alpha value is -1.51. The highest BCUT2D eigenvalue weighted by molar-refractivity contribution is 5.96. The van der Waals surface area contributed by atoms with E-state index in [1.165, 1.54) is 12.8 Å². The molecule has 0 spiro atoms. The maximum Gasteiger partial charge on any atom is 0.251 e. The quantitative estimate of drug-likeness (QED) is 0.785. The smallest absolute Gasteiger partial charge is 0.251 e. The molecule has 0 heterocycles. The molecule has 2 rings (SSSR count). The van der Waals surface area contributed by atoms with Crippen LogP contribution in [-0.2, 0) is 0 Å². The zero-order valence-corrected chi connectivity index (χ0v) is 11.2. The standard InChI is InChI=1S/C15H22N2O/c1-3-13(9-11-4-5-11)17-15(18)14-7-6-12(16)8-10(14)2/h6-8,11,13H,3-5,9,16H2,1-2H3,(H,17,18). The largest absolute Gasteiger partial charge is 0.399 e. The molecule has 1 aromatic carbocycles. The van der Waals surface area contributed by atoms with Gasteiger partial charge in [-0.15, -0.1) is 0 Å². The molecule has 1 saturated carbocycles. The first kappa shape index (κ1) is 12.9. The van der Waals surface area contributed by atoms with Gasteiger partial charge in [0.1, 0.15) is 0 Å². The van der Waals surface area contributed by atoms with Gasteiger partial charge >= 0.3 is 0 Å². The third-order valence-corrected chi connectivity index (χ3v) is 3.64. The number of anilines is 1. The number of benzene rings is 1. The van der Waals surface area contributed by atoms with E-state index in [4.69, 9.17) is 5.73 Å². The summed E-state index contributed by atoms with van der Waals surface area (Å²) in [5.41, 5.74) is 8.07. The monoisotopic (exact) mass is 246 g/mol. The number of aryl methyl sites for hydroxylation is 1. The third-order valence-electron chi connectivity index (χ3n) is 3.64. The molecule has 0 aromatic heterocycles. The summed E-state index contributed by atoms with van der Waals surface area (Å²) in [5.74, 6) is 0.864. The van der Waals surface area contributed by atoms with Crippen molar-refractivity contribution in [2.24, 2.45) is 5.92 Å². The molecule has 3 nitrogen and oxygen atoms in total. The van der Waals surface area contributed by atoms with Gasteiger partial charge in [0.2, 0.25) is 0 Å². The second-order valence-electron chi connectivity index (χ2n) is 5.33. The molecule has 0 radical (unpaired) electrons. The van der Waals surface area contributed by atoms with Gasteiger partial charge in [-0.05, 0) is 49.4 Å². The lowest BCUT2D eigenvalue weighted by Crippen LogP contribution is -2.35. The predicted molar refractivity (Wildman–Crippen MR) is 74.5 cm³/mol. The molecule has 1 atom stereocenters. The first-order valence-electron chi connectivity index (χ1n) is 6.77. The van der Waals surface area contributed by atoms with Gasteiger partial charge in [0.25, 0.3) is 5.91 Å². The molecule has 0 saturated heterocycles. The highest BCUT2D eigenvalue weighted by Crippen LogP contribution is 2.34. The first-order chi connectivity index (χ1) is 8.60. The summed E-state index contributed by atoms with van der Waals surface area (Å²) >= 11 is 0. The summed E-state index contributed by atoms with van der Waals surface area (Å²) < 4.78 is 0. The van der Waals surface area contributed by atoms with E-state index in [1.54, 1.807) is 6.07 Å². The van der Waals surface area contributed by atoms with Gasteiger partial charge in [0.15, 0.2) is 0 Å². The van der Waals surface area contributed by atoms with E-state index in [2.05, 4.69) is 12.2 Å². The van der Waals surface area contributed by atoms with Crippen LogP contribution >= 0.6 is 0 Å². The maximum absolute atomic E-state index is 12.2. The van der Waals surface area contributed by atoms with Gasteiger partial charge in [0.05, 0.1) is 0 Å². The minimum Gasteiger partial charge on any atom is -0.399 e. The number of carbonyl (C=O) groups is 1. The molecule has 1 amide bonds. The van der Waals surface area contributed by atoms with E-state index < -0.39 is 0 Å². The number of rotatable bonds is 5. The van der Waals surface area contributed by atoms with E-state index in [-0.39, 0.29) is 5.91 Å². The van der Waals surface area contributed by atoms with Crippen LogP contribution in [0, 0.1) is 12.8 Å². The fourth-order valence-electron chi connectivity index (χ4n) is 2.29. The van der Waals surface area contributed by atoms with Crippen LogP contribution in [0.1, 0.15) is 48.5 Å². The minimum absolute atomic E-state index is 0.0278. The number of nitrogen functional groups attached to an aromatic ring is 1. The van der Waals surface area contributed by atoms with Crippen molar-refractivity contribution >= 4 is 11.6 Å². The number of amides is 1. The van der Waals surface area contributed by atoms with E-state index in [9.17, 15) is 4.79 Å². The van der Waals surface area contributed by atoms with Crippen molar-refractivity contribution in [1.82, 2.24) is 5.32 Å².